The lowest BCUT2D eigenvalue weighted by Crippen LogP contribution is -2.52. The van der Waals surface area contributed by atoms with Gasteiger partial charge in [-0.25, -0.2) is 4.79 Å². The minimum absolute atomic E-state index is 0.274. The number of hydrogen-bond acceptors (Lipinski definition) is 4. The van der Waals surface area contributed by atoms with Crippen LogP contribution in [0.3, 0.4) is 0 Å². The van der Waals surface area contributed by atoms with Gasteiger partial charge < -0.3 is 19.5 Å². The summed E-state index contributed by atoms with van der Waals surface area (Å²) in [6, 6.07) is 5.85. The van der Waals surface area contributed by atoms with Gasteiger partial charge in [-0.05, 0) is 55.5 Å². The third kappa shape index (κ3) is 3.64. The molecule has 2 heterocycles. The first-order valence-corrected chi connectivity index (χ1v) is 9.40. The predicted octanol–water partition coefficient (Wildman–Crippen LogP) is 3.88. The first-order valence-electron chi connectivity index (χ1n) is 8.33. The normalized spacial score (nSPS) is 22.7. The van der Waals surface area contributed by atoms with E-state index >= 15 is 0 Å². The number of nitrogens with zero attached hydrogens (tertiary/aromatic N) is 1. The Morgan fingerprint density at radius 2 is 2.04 bits per heavy atom. The molecule has 2 aliphatic rings. The van der Waals surface area contributed by atoms with Crippen LogP contribution in [0.25, 0.3) is 0 Å². The zero-order valence-electron chi connectivity index (χ0n) is 14.3. The summed E-state index contributed by atoms with van der Waals surface area (Å²) in [4.78, 5) is 13.9. The molecule has 132 valence electrons. The molecule has 1 fully saturated rings. The third-order valence-electron chi connectivity index (χ3n) is 4.56. The minimum Gasteiger partial charge on any atom is -0.487 e. The number of fused-ring (bicyclic) bond motifs is 1. The number of benzene rings is 1. The Hall–Kier alpha value is -1.02. The van der Waals surface area contributed by atoms with Crippen molar-refractivity contribution in [1.82, 2.24) is 4.90 Å². The standard InChI is InChI=1S/C18H24INO4/c1-17(2,3)24-16(22)20-9-7-18(8-10-20)11-13(21)15-12(19)5-4-6-14(15)23-18/h4-6,13,21H,7-11H2,1-3H3. The summed E-state index contributed by atoms with van der Waals surface area (Å²) < 4.78 is 12.8. The Morgan fingerprint density at radius 1 is 1.38 bits per heavy atom. The van der Waals surface area contributed by atoms with Crippen molar-refractivity contribution < 1.29 is 19.4 Å². The molecule has 1 amide bonds. The first kappa shape index (κ1) is 17.8. The molecule has 1 atom stereocenters. The van der Waals surface area contributed by atoms with E-state index in [-0.39, 0.29) is 6.09 Å². The molecule has 1 aromatic carbocycles. The summed E-state index contributed by atoms with van der Waals surface area (Å²) in [5.74, 6) is 0.770. The lowest BCUT2D eigenvalue weighted by Gasteiger charge is -2.46. The molecule has 0 aliphatic carbocycles. The van der Waals surface area contributed by atoms with Crippen LogP contribution in [0, 0.1) is 3.57 Å². The van der Waals surface area contributed by atoms with Gasteiger partial charge in [-0.3, -0.25) is 0 Å². The van der Waals surface area contributed by atoms with Crippen LogP contribution in [0.4, 0.5) is 4.79 Å². The molecule has 1 spiro atoms. The third-order valence-corrected chi connectivity index (χ3v) is 5.51. The summed E-state index contributed by atoms with van der Waals surface area (Å²) in [6.45, 7) is 6.78. The number of carbonyl (C=O) groups is 1. The number of aliphatic hydroxyl groups excluding tert-OH is 1. The molecule has 6 heteroatoms. The Bertz CT molecular complexity index is 632. The highest BCUT2D eigenvalue weighted by Gasteiger charge is 2.44. The fourth-order valence-electron chi connectivity index (χ4n) is 3.39. The van der Waals surface area contributed by atoms with Crippen molar-refractivity contribution in [2.75, 3.05) is 13.1 Å². The van der Waals surface area contributed by atoms with E-state index in [0.29, 0.717) is 32.4 Å². The van der Waals surface area contributed by atoms with Gasteiger partial charge >= 0.3 is 6.09 Å². The molecule has 0 radical (unpaired) electrons. The number of halogens is 1. The van der Waals surface area contributed by atoms with E-state index in [9.17, 15) is 9.90 Å². The molecule has 1 unspecified atom stereocenters. The molecular formula is C18H24INO4. The van der Waals surface area contributed by atoms with Crippen molar-refractivity contribution in [3.8, 4) is 5.75 Å². The van der Waals surface area contributed by atoms with Crippen LogP contribution in [0.1, 0.15) is 51.7 Å². The average Bonchev–Trinajstić information content (AvgIpc) is 2.45. The van der Waals surface area contributed by atoms with Gasteiger partial charge in [0.25, 0.3) is 0 Å². The van der Waals surface area contributed by atoms with Crippen LogP contribution < -0.4 is 4.74 Å². The molecule has 1 N–H and O–H groups in total. The van der Waals surface area contributed by atoms with Gasteiger partial charge in [0.15, 0.2) is 0 Å². The van der Waals surface area contributed by atoms with Crippen molar-refractivity contribution in [2.45, 2.75) is 57.3 Å². The van der Waals surface area contributed by atoms with Crippen molar-refractivity contribution in [1.29, 1.82) is 0 Å². The predicted molar refractivity (Wildman–Crippen MR) is 99.1 cm³/mol. The largest absolute Gasteiger partial charge is 0.487 e. The topological polar surface area (TPSA) is 59.0 Å². The molecular weight excluding hydrogens is 421 g/mol. The summed E-state index contributed by atoms with van der Waals surface area (Å²) >= 11 is 2.23. The van der Waals surface area contributed by atoms with Crippen LogP contribution in [0.15, 0.2) is 18.2 Å². The van der Waals surface area contributed by atoms with Crippen LogP contribution in [0.2, 0.25) is 0 Å². The maximum absolute atomic E-state index is 12.2. The molecule has 1 saturated heterocycles. The summed E-state index contributed by atoms with van der Waals surface area (Å²) in [6.07, 6.45) is 1.18. The number of ether oxygens (including phenoxy) is 2. The zero-order valence-corrected chi connectivity index (χ0v) is 16.5. The van der Waals surface area contributed by atoms with Gasteiger partial charge in [-0.2, -0.15) is 0 Å². The van der Waals surface area contributed by atoms with Crippen molar-refractivity contribution >= 4 is 28.7 Å². The lowest BCUT2D eigenvalue weighted by atomic mass is 9.82. The lowest BCUT2D eigenvalue weighted by molar-refractivity contribution is -0.0572. The minimum atomic E-state index is -0.519. The number of aliphatic hydroxyl groups is 1. The van der Waals surface area contributed by atoms with E-state index in [4.69, 9.17) is 9.47 Å². The number of hydrogen-bond donors (Lipinski definition) is 1. The van der Waals surface area contributed by atoms with Gasteiger partial charge in [0, 0.05) is 41.5 Å². The van der Waals surface area contributed by atoms with E-state index in [1.807, 2.05) is 39.0 Å². The first-order chi connectivity index (χ1) is 11.2. The molecule has 5 nitrogen and oxygen atoms in total. The number of likely N-dealkylation sites (tertiary alicyclic amines) is 1. The van der Waals surface area contributed by atoms with Gasteiger partial charge in [0.05, 0.1) is 6.10 Å². The zero-order chi connectivity index (χ0) is 17.5. The Kier molecular flexibility index (Phi) is 4.72. The molecule has 0 saturated carbocycles. The summed E-state index contributed by atoms with van der Waals surface area (Å²) in [5, 5.41) is 10.6. The Balaban J connectivity index is 1.69. The van der Waals surface area contributed by atoms with Crippen molar-refractivity contribution in [3.05, 3.63) is 27.3 Å². The number of rotatable bonds is 0. The number of carbonyl (C=O) groups excluding carboxylic acids is 1. The summed E-state index contributed by atoms with van der Waals surface area (Å²) in [7, 11) is 0. The van der Waals surface area contributed by atoms with Gasteiger partial charge in [0.1, 0.15) is 17.0 Å². The highest BCUT2D eigenvalue weighted by Crippen LogP contribution is 2.45. The average molecular weight is 445 g/mol. The fourth-order valence-corrected chi connectivity index (χ4v) is 4.22. The van der Waals surface area contributed by atoms with Gasteiger partial charge in [-0.1, -0.05) is 6.07 Å². The second kappa shape index (κ2) is 6.37. The van der Waals surface area contributed by atoms with Crippen LogP contribution >= 0.6 is 22.6 Å². The monoisotopic (exact) mass is 445 g/mol. The highest BCUT2D eigenvalue weighted by molar-refractivity contribution is 14.1. The van der Waals surface area contributed by atoms with Crippen molar-refractivity contribution in [3.63, 3.8) is 0 Å². The molecule has 1 aromatic rings. The number of amides is 1. The van der Waals surface area contributed by atoms with E-state index in [1.165, 1.54) is 0 Å². The van der Waals surface area contributed by atoms with Crippen molar-refractivity contribution in [2.24, 2.45) is 0 Å². The maximum atomic E-state index is 12.2. The second-order valence-electron chi connectivity index (χ2n) is 7.62. The van der Waals surface area contributed by atoms with Crippen LogP contribution in [-0.4, -0.2) is 40.4 Å². The maximum Gasteiger partial charge on any atom is 0.410 e. The Morgan fingerprint density at radius 3 is 2.67 bits per heavy atom. The Labute approximate surface area is 156 Å². The second-order valence-corrected chi connectivity index (χ2v) is 8.79. The molecule has 3 rings (SSSR count). The summed E-state index contributed by atoms with van der Waals surface area (Å²) in [5.41, 5.74) is 0.00709. The van der Waals surface area contributed by atoms with E-state index in [2.05, 4.69) is 22.6 Å². The van der Waals surface area contributed by atoms with Crippen LogP contribution in [-0.2, 0) is 4.74 Å². The molecule has 0 aromatic heterocycles. The quantitative estimate of drug-likeness (QED) is 0.616. The molecule has 0 bridgehead atoms. The molecule has 2 aliphatic heterocycles. The van der Waals surface area contributed by atoms with E-state index in [1.54, 1.807) is 4.90 Å². The van der Waals surface area contributed by atoms with E-state index in [0.717, 1.165) is 14.9 Å². The van der Waals surface area contributed by atoms with Gasteiger partial charge in [0.2, 0.25) is 0 Å². The number of piperidine rings is 1. The van der Waals surface area contributed by atoms with Crippen LogP contribution in [0.5, 0.6) is 5.75 Å². The molecule has 24 heavy (non-hydrogen) atoms. The highest BCUT2D eigenvalue weighted by atomic mass is 127. The fraction of sp³-hybridized carbons (Fsp3) is 0.611. The smallest absolute Gasteiger partial charge is 0.410 e. The SMILES string of the molecule is CC(C)(C)OC(=O)N1CCC2(CC1)CC(O)c1c(I)cccc1O2. The van der Waals surface area contributed by atoms with Gasteiger partial charge in [-0.15, -0.1) is 0 Å². The van der Waals surface area contributed by atoms with E-state index < -0.39 is 17.3 Å².